The molecule has 0 aromatic heterocycles. The van der Waals surface area contributed by atoms with Gasteiger partial charge in [0.1, 0.15) is 5.57 Å². The van der Waals surface area contributed by atoms with E-state index in [2.05, 4.69) is 23.7 Å². The highest BCUT2D eigenvalue weighted by molar-refractivity contribution is 5.99. The largest absolute Gasteiger partial charge is 0.454 e. The predicted molar refractivity (Wildman–Crippen MR) is 120 cm³/mol. The molecule has 3 aromatic rings. The fourth-order valence-electron chi connectivity index (χ4n) is 3.63. The summed E-state index contributed by atoms with van der Waals surface area (Å²) in [7, 11) is 0. The van der Waals surface area contributed by atoms with Gasteiger partial charge in [-0.05, 0) is 43.3 Å². The molecule has 32 heavy (non-hydrogen) atoms. The highest BCUT2D eigenvalue weighted by atomic mass is 16.7. The molecular weight excluding hydrogens is 400 g/mol. The Morgan fingerprint density at radius 2 is 1.38 bits per heavy atom. The second-order valence-electron chi connectivity index (χ2n) is 7.47. The van der Waals surface area contributed by atoms with Crippen LogP contribution in [0.3, 0.4) is 0 Å². The fourth-order valence-corrected chi connectivity index (χ4v) is 3.63. The molecule has 0 radical (unpaired) electrons. The van der Waals surface area contributed by atoms with Crippen LogP contribution in [0.4, 0.5) is 0 Å². The van der Waals surface area contributed by atoms with Crippen molar-refractivity contribution in [3.05, 3.63) is 107 Å². The number of carbonyl (C=O) groups is 1. The van der Waals surface area contributed by atoms with Crippen LogP contribution >= 0.6 is 0 Å². The van der Waals surface area contributed by atoms with E-state index in [1.807, 2.05) is 85.8 Å². The van der Waals surface area contributed by atoms with Crippen LogP contribution in [0, 0.1) is 23.7 Å². The van der Waals surface area contributed by atoms with Crippen molar-refractivity contribution < 1.29 is 19.0 Å². The molecule has 2 heterocycles. The predicted octanol–water partition coefficient (Wildman–Crippen LogP) is 4.59. The van der Waals surface area contributed by atoms with Crippen molar-refractivity contribution in [2.24, 2.45) is 0 Å². The van der Waals surface area contributed by atoms with Crippen LogP contribution in [0.2, 0.25) is 0 Å². The molecule has 0 saturated carbocycles. The lowest BCUT2D eigenvalue weighted by Gasteiger charge is -2.24. The SMILES string of the molecule is CC1(c2ccc3c(c2)OCO3)OC(=O)C(C#Cc2ccccc2)=C1C#Cc1ccccc1. The van der Waals surface area contributed by atoms with Gasteiger partial charge in [0.2, 0.25) is 6.79 Å². The average Bonchev–Trinajstić information content (AvgIpc) is 3.39. The van der Waals surface area contributed by atoms with E-state index in [-0.39, 0.29) is 12.4 Å². The van der Waals surface area contributed by atoms with Crippen molar-refractivity contribution in [3.63, 3.8) is 0 Å². The Balaban J connectivity index is 1.65. The summed E-state index contributed by atoms with van der Waals surface area (Å²) in [5, 5.41) is 0. The number of carbonyl (C=O) groups excluding carboxylic acids is 1. The summed E-state index contributed by atoms with van der Waals surface area (Å²) >= 11 is 0. The van der Waals surface area contributed by atoms with E-state index in [0.717, 1.165) is 16.7 Å². The first-order chi connectivity index (χ1) is 15.6. The van der Waals surface area contributed by atoms with Crippen LogP contribution in [-0.2, 0) is 15.1 Å². The van der Waals surface area contributed by atoms with Gasteiger partial charge in [0.25, 0.3) is 0 Å². The summed E-state index contributed by atoms with van der Waals surface area (Å²) in [6.07, 6.45) is 0. The van der Waals surface area contributed by atoms with Gasteiger partial charge in [0.05, 0.1) is 5.57 Å². The van der Waals surface area contributed by atoms with E-state index in [9.17, 15) is 4.79 Å². The topological polar surface area (TPSA) is 44.8 Å². The van der Waals surface area contributed by atoms with Gasteiger partial charge in [0, 0.05) is 16.7 Å². The van der Waals surface area contributed by atoms with Crippen molar-refractivity contribution in [1.82, 2.24) is 0 Å². The summed E-state index contributed by atoms with van der Waals surface area (Å²) < 4.78 is 16.8. The average molecular weight is 418 g/mol. The molecule has 154 valence electrons. The Morgan fingerprint density at radius 1 is 0.750 bits per heavy atom. The van der Waals surface area contributed by atoms with Crippen molar-refractivity contribution in [3.8, 4) is 35.2 Å². The normalized spacial score (nSPS) is 18.3. The smallest absolute Gasteiger partial charge is 0.349 e. The number of benzene rings is 3. The molecule has 1 atom stereocenters. The van der Waals surface area contributed by atoms with Gasteiger partial charge in [-0.25, -0.2) is 4.79 Å². The monoisotopic (exact) mass is 418 g/mol. The zero-order valence-corrected chi connectivity index (χ0v) is 17.3. The number of hydrogen-bond acceptors (Lipinski definition) is 4. The van der Waals surface area contributed by atoms with Crippen molar-refractivity contribution >= 4 is 5.97 Å². The van der Waals surface area contributed by atoms with E-state index in [0.29, 0.717) is 17.1 Å². The Bertz CT molecular complexity index is 1350. The zero-order valence-electron chi connectivity index (χ0n) is 17.3. The van der Waals surface area contributed by atoms with Gasteiger partial charge in [0.15, 0.2) is 17.1 Å². The Kier molecular flexibility index (Phi) is 4.90. The fraction of sp³-hybridized carbons (Fsp3) is 0.107. The van der Waals surface area contributed by atoms with Crippen molar-refractivity contribution in [2.45, 2.75) is 12.5 Å². The quantitative estimate of drug-likeness (QED) is 0.428. The number of ether oxygens (including phenoxy) is 3. The van der Waals surface area contributed by atoms with Gasteiger partial charge in [-0.15, -0.1) is 0 Å². The van der Waals surface area contributed by atoms with Crippen molar-refractivity contribution in [2.75, 3.05) is 6.79 Å². The van der Waals surface area contributed by atoms with Gasteiger partial charge < -0.3 is 14.2 Å². The third-order valence-electron chi connectivity index (χ3n) is 5.36. The molecule has 0 spiro atoms. The molecule has 1 unspecified atom stereocenters. The van der Waals surface area contributed by atoms with Gasteiger partial charge >= 0.3 is 5.97 Å². The van der Waals surface area contributed by atoms with Gasteiger partial charge in [-0.3, -0.25) is 0 Å². The summed E-state index contributed by atoms with van der Waals surface area (Å²) in [5.74, 6) is 13.2. The highest BCUT2D eigenvalue weighted by Gasteiger charge is 2.45. The van der Waals surface area contributed by atoms with E-state index in [1.54, 1.807) is 0 Å². The Hall–Kier alpha value is -4.41. The standard InChI is InChI=1S/C28H18O4/c1-28(22-14-17-25-26(18-22)31-19-30-25)24(16-13-21-10-6-3-7-11-21)23(27(29)32-28)15-12-20-8-4-2-5-9-20/h2-11,14,17-18H,19H2,1H3. The number of esters is 1. The first-order valence-electron chi connectivity index (χ1n) is 10.2. The molecule has 5 rings (SSSR count). The molecule has 2 aliphatic heterocycles. The molecule has 2 aliphatic rings. The molecule has 4 nitrogen and oxygen atoms in total. The van der Waals surface area contributed by atoms with Crippen LogP contribution in [0.5, 0.6) is 11.5 Å². The molecule has 3 aromatic carbocycles. The van der Waals surface area contributed by atoms with Crippen molar-refractivity contribution in [1.29, 1.82) is 0 Å². The summed E-state index contributed by atoms with van der Waals surface area (Å²) in [6, 6.07) is 24.6. The second-order valence-corrected chi connectivity index (χ2v) is 7.47. The van der Waals surface area contributed by atoms with Crippen LogP contribution < -0.4 is 9.47 Å². The van der Waals surface area contributed by atoms with Crippen LogP contribution in [0.25, 0.3) is 0 Å². The van der Waals surface area contributed by atoms with Gasteiger partial charge in [-0.1, -0.05) is 66.1 Å². The first-order valence-corrected chi connectivity index (χ1v) is 10.2. The number of fused-ring (bicyclic) bond motifs is 1. The van der Waals surface area contributed by atoms with E-state index in [4.69, 9.17) is 14.2 Å². The number of rotatable bonds is 1. The van der Waals surface area contributed by atoms with Gasteiger partial charge in [-0.2, -0.15) is 0 Å². The molecule has 4 heteroatoms. The van der Waals surface area contributed by atoms with Crippen LogP contribution in [0.1, 0.15) is 23.6 Å². The number of cyclic esters (lactones) is 1. The third kappa shape index (κ3) is 3.60. The van der Waals surface area contributed by atoms with Crippen LogP contribution in [0.15, 0.2) is 90.0 Å². The minimum absolute atomic E-state index is 0.166. The molecule has 0 aliphatic carbocycles. The minimum atomic E-state index is -1.10. The molecule has 0 saturated heterocycles. The molecule has 0 N–H and O–H groups in total. The van der Waals surface area contributed by atoms with E-state index < -0.39 is 11.6 Å². The lowest BCUT2D eigenvalue weighted by Crippen LogP contribution is -2.24. The molecule has 0 fully saturated rings. The zero-order chi connectivity index (χ0) is 22.0. The molecule has 0 bridgehead atoms. The lowest BCUT2D eigenvalue weighted by atomic mass is 9.86. The third-order valence-corrected chi connectivity index (χ3v) is 5.36. The Morgan fingerprint density at radius 3 is 2.06 bits per heavy atom. The number of hydrogen-bond donors (Lipinski definition) is 0. The summed E-state index contributed by atoms with van der Waals surface area (Å²) in [4.78, 5) is 12.9. The maximum Gasteiger partial charge on any atom is 0.349 e. The first kappa shape index (κ1) is 19.5. The highest BCUT2D eigenvalue weighted by Crippen LogP contribution is 2.44. The Labute approximate surface area is 186 Å². The minimum Gasteiger partial charge on any atom is -0.454 e. The summed E-state index contributed by atoms with van der Waals surface area (Å²) in [5.41, 5.74) is 2.07. The maximum absolute atomic E-state index is 12.9. The lowest BCUT2D eigenvalue weighted by molar-refractivity contribution is -0.145. The van der Waals surface area contributed by atoms with E-state index >= 15 is 0 Å². The maximum atomic E-state index is 12.9. The van der Waals surface area contributed by atoms with E-state index in [1.165, 1.54) is 0 Å². The second kappa shape index (κ2) is 8.02. The molecule has 0 amide bonds. The molecular formula is C28H18O4. The summed E-state index contributed by atoms with van der Waals surface area (Å²) in [6.45, 7) is 1.99. The van der Waals surface area contributed by atoms with Crippen LogP contribution in [-0.4, -0.2) is 12.8 Å².